The van der Waals surface area contributed by atoms with Gasteiger partial charge in [-0.15, -0.1) is 0 Å². The molecule has 0 aliphatic carbocycles. The third-order valence-corrected chi connectivity index (χ3v) is 5.34. The van der Waals surface area contributed by atoms with Gasteiger partial charge in [-0.25, -0.2) is 4.79 Å². The minimum Gasteiger partial charge on any atom is -0.324 e. The normalized spacial score (nSPS) is 18.1. The highest BCUT2D eigenvalue weighted by Crippen LogP contribution is 2.34. The van der Waals surface area contributed by atoms with Gasteiger partial charge in [0.1, 0.15) is 5.60 Å². The molecule has 6 heteroatoms. The van der Waals surface area contributed by atoms with Crippen LogP contribution in [0.1, 0.15) is 24.0 Å². The zero-order valence-corrected chi connectivity index (χ0v) is 15.9. The predicted molar refractivity (Wildman–Crippen MR) is 107 cm³/mol. The molecule has 2 amide bonds. The van der Waals surface area contributed by atoms with Gasteiger partial charge in [-0.05, 0) is 36.8 Å². The maximum atomic E-state index is 12.5. The fraction of sp³-hybridized carbons (Fsp3) is 0.286. The Labute approximate surface area is 163 Å². The van der Waals surface area contributed by atoms with Crippen LogP contribution in [-0.4, -0.2) is 29.6 Å². The van der Waals surface area contributed by atoms with Crippen LogP contribution in [0, 0.1) is 6.92 Å². The second kappa shape index (κ2) is 7.25. The molecule has 2 aromatic rings. The topological polar surface area (TPSA) is 53.6 Å². The van der Waals surface area contributed by atoms with Crippen molar-refractivity contribution < 1.29 is 9.63 Å². The zero-order valence-electron chi connectivity index (χ0n) is 15.2. The molecular weight excluding hydrogens is 362 g/mol. The molecular formula is C21H22ClN3O2. The number of hydrogen-bond donors (Lipinski definition) is 2. The van der Waals surface area contributed by atoms with Gasteiger partial charge in [0.05, 0.1) is 5.70 Å². The molecule has 2 aromatic carbocycles. The number of nitrogens with one attached hydrogen (secondary N) is 2. The number of hydroxylamine groups is 1. The maximum Gasteiger partial charge on any atom is 0.321 e. The van der Waals surface area contributed by atoms with Crippen LogP contribution in [0.3, 0.4) is 0 Å². The molecule has 0 saturated carbocycles. The van der Waals surface area contributed by atoms with Gasteiger partial charge in [0.15, 0.2) is 0 Å². The molecule has 0 aromatic heterocycles. The van der Waals surface area contributed by atoms with Gasteiger partial charge in [0, 0.05) is 36.6 Å². The second-order valence-electron chi connectivity index (χ2n) is 7.12. The Kier molecular flexibility index (Phi) is 4.81. The van der Waals surface area contributed by atoms with E-state index in [0.717, 1.165) is 24.1 Å². The van der Waals surface area contributed by atoms with Crippen molar-refractivity contribution >= 4 is 29.0 Å². The summed E-state index contributed by atoms with van der Waals surface area (Å²) in [6.07, 6.45) is 3.65. The Morgan fingerprint density at radius 1 is 1.19 bits per heavy atom. The van der Waals surface area contributed by atoms with Crippen LogP contribution in [-0.2, 0) is 4.84 Å². The van der Waals surface area contributed by atoms with Crippen molar-refractivity contribution in [2.24, 2.45) is 0 Å². The van der Waals surface area contributed by atoms with Crippen molar-refractivity contribution in [2.75, 3.05) is 18.4 Å². The maximum absolute atomic E-state index is 12.5. The molecule has 27 heavy (non-hydrogen) atoms. The standard InChI is InChI=1S/C21H22ClN3O2/c1-15-5-7-16(8-6-15)19-14-21(27-24-19)9-11-25(12-10-21)20(26)23-18-4-2-3-17(22)13-18/h2-8,13-14,24H,9-12H2,1H3,(H,23,26). The molecule has 1 spiro atoms. The van der Waals surface area contributed by atoms with E-state index in [2.05, 4.69) is 48.1 Å². The quantitative estimate of drug-likeness (QED) is 0.797. The highest BCUT2D eigenvalue weighted by molar-refractivity contribution is 6.30. The third kappa shape index (κ3) is 3.94. The van der Waals surface area contributed by atoms with Gasteiger partial charge in [-0.3, -0.25) is 10.3 Å². The molecule has 0 unspecified atom stereocenters. The largest absolute Gasteiger partial charge is 0.324 e. The molecule has 1 fully saturated rings. The van der Waals surface area contributed by atoms with Crippen LogP contribution >= 0.6 is 11.6 Å². The Hall–Kier alpha value is -2.50. The number of amides is 2. The van der Waals surface area contributed by atoms with E-state index in [1.54, 1.807) is 12.1 Å². The number of benzene rings is 2. The summed E-state index contributed by atoms with van der Waals surface area (Å²) in [7, 11) is 0. The Morgan fingerprint density at radius 2 is 1.93 bits per heavy atom. The van der Waals surface area contributed by atoms with Crippen LogP contribution < -0.4 is 10.8 Å². The average molecular weight is 384 g/mol. The summed E-state index contributed by atoms with van der Waals surface area (Å²) in [5.74, 6) is 0. The van der Waals surface area contributed by atoms with Crippen LogP contribution in [0.4, 0.5) is 10.5 Å². The van der Waals surface area contributed by atoms with E-state index in [1.165, 1.54) is 5.56 Å². The fourth-order valence-electron chi connectivity index (χ4n) is 3.46. The number of nitrogens with zero attached hydrogens (tertiary/aromatic N) is 1. The molecule has 0 atom stereocenters. The molecule has 2 N–H and O–H groups in total. The first-order valence-corrected chi connectivity index (χ1v) is 9.46. The Morgan fingerprint density at radius 3 is 2.63 bits per heavy atom. The molecule has 2 heterocycles. The first-order valence-electron chi connectivity index (χ1n) is 9.08. The molecule has 2 aliphatic heterocycles. The van der Waals surface area contributed by atoms with Crippen LogP contribution in [0.2, 0.25) is 5.02 Å². The number of halogens is 1. The SMILES string of the molecule is Cc1ccc(C2=CC3(CCN(C(=O)Nc4cccc(Cl)c4)CC3)ON2)cc1. The predicted octanol–water partition coefficient (Wildman–Crippen LogP) is 4.59. The van der Waals surface area contributed by atoms with E-state index >= 15 is 0 Å². The van der Waals surface area contributed by atoms with Crippen LogP contribution in [0.5, 0.6) is 0 Å². The lowest BCUT2D eigenvalue weighted by molar-refractivity contribution is -0.0634. The molecule has 4 rings (SSSR count). The zero-order chi connectivity index (χ0) is 18.9. The number of urea groups is 1. The number of aryl methyl sites for hydroxylation is 1. The fourth-order valence-corrected chi connectivity index (χ4v) is 3.65. The van der Waals surface area contributed by atoms with E-state index in [1.807, 2.05) is 17.0 Å². The first kappa shape index (κ1) is 17.9. The minimum absolute atomic E-state index is 0.110. The smallest absolute Gasteiger partial charge is 0.321 e. The van der Waals surface area contributed by atoms with E-state index in [-0.39, 0.29) is 11.6 Å². The highest BCUT2D eigenvalue weighted by Gasteiger charge is 2.39. The third-order valence-electron chi connectivity index (χ3n) is 5.11. The lowest BCUT2D eigenvalue weighted by Gasteiger charge is -2.36. The molecule has 0 bridgehead atoms. The van der Waals surface area contributed by atoms with Gasteiger partial charge in [0.25, 0.3) is 0 Å². The molecule has 5 nitrogen and oxygen atoms in total. The lowest BCUT2D eigenvalue weighted by Crippen LogP contribution is -2.48. The Balaban J connectivity index is 1.38. The first-order chi connectivity index (χ1) is 13.0. The van der Waals surface area contributed by atoms with Crippen molar-refractivity contribution in [2.45, 2.75) is 25.4 Å². The minimum atomic E-state index is -0.354. The summed E-state index contributed by atoms with van der Waals surface area (Å²) in [5, 5.41) is 3.50. The summed E-state index contributed by atoms with van der Waals surface area (Å²) in [5.41, 5.74) is 6.75. The number of anilines is 1. The van der Waals surface area contributed by atoms with Crippen molar-refractivity contribution in [3.63, 3.8) is 0 Å². The Bertz CT molecular complexity index is 871. The summed E-state index contributed by atoms with van der Waals surface area (Å²) in [6, 6.07) is 15.4. The number of likely N-dealkylation sites (tertiary alicyclic amines) is 1. The van der Waals surface area contributed by atoms with Crippen LogP contribution in [0.15, 0.2) is 54.6 Å². The number of piperidine rings is 1. The van der Waals surface area contributed by atoms with Gasteiger partial charge in [0.2, 0.25) is 0 Å². The highest BCUT2D eigenvalue weighted by atomic mass is 35.5. The number of hydrogen-bond acceptors (Lipinski definition) is 3. The molecule has 140 valence electrons. The van der Waals surface area contributed by atoms with E-state index in [0.29, 0.717) is 23.8 Å². The van der Waals surface area contributed by atoms with Gasteiger partial charge in [-0.2, -0.15) is 0 Å². The second-order valence-corrected chi connectivity index (χ2v) is 7.56. The number of rotatable bonds is 2. The van der Waals surface area contributed by atoms with E-state index < -0.39 is 0 Å². The summed E-state index contributed by atoms with van der Waals surface area (Å²) >= 11 is 5.97. The summed E-state index contributed by atoms with van der Waals surface area (Å²) in [4.78, 5) is 20.2. The van der Waals surface area contributed by atoms with Crippen LogP contribution in [0.25, 0.3) is 5.70 Å². The van der Waals surface area contributed by atoms with E-state index in [9.17, 15) is 4.79 Å². The lowest BCUT2D eigenvalue weighted by atomic mass is 9.90. The van der Waals surface area contributed by atoms with Gasteiger partial charge in [-0.1, -0.05) is 47.5 Å². The van der Waals surface area contributed by atoms with Crippen molar-refractivity contribution in [3.05, 3.63) is 70.8 Å². The number of carbonyl (C=O) groups is 1. The molecule has 0 radical (unpaired) electrons. The monoisotopic (exact) mass is 383 g/mol. The van der Waals surface area contributed by atoms with E-state index in [4.69, 9.17) is 16.4 Å². The van der Waals surface area contributed by atoms with Gasteiger partial charge >= 0.3 is 6.03 Å². The summed E-state index contributed by atoms with van der Waals surface area (Å²) < 4.78 is 0. The van der Waals surface area contributed by atoms with Crippen molar-refractivity contribution in [1.82, 2.24) is 10.4 Å². The molecule has 2 aliphatic rings. The van der Waals surface area contributed by atoms with Crippen molar-refractivity contribution in [3.8, 4) is 0 Å². The summed E-state index contributed by atoms with van der Waals surface area (Å²) in [6.45, 7) is 3.33. The van der Waals surface area contributed by atoms with Gasteiger partial charge < -0.3 is 10.2 Å². The average Bonchev–Trinajstić information content (AvgIpc) is 3.06. The van der Waals surface area contributed by atoms with Crippen molar-refractivity contribution in [1.29, 1.82) is 0 Å². The number of carbonyl (C=O) groups excluding carboxylic acids is 1. The molecule has 1 saturated heterocycles.